The van der Waals surface area contributed by atoms with Gasteiger partial charge in [-0.05, 0) is 24.1 Å². The first-order chi connectivity index (χ1) is 9.56. The van der Waals surface area contributed by atoms with Crippen molar-refractivity contribution in [1.29, 1.82) is 0 Å². The van der Waals surface area contributed by atoms with Gasteiger partial charge in [0.05, 0.1) is 7.11 Å². The van der Waals surface area contributed by atoms with Crippen molar-refractivity contribution in [2.45, 2.75) is 32.4 Å². The summed E-state index contributed by atoms with van der Waals surface area (Å²) >= 11 is 0. The maximum atomic E-state index is 11.6. The molecule has 0 aromatic heterocycles. The minimum absolute atomic E-state index is 0.307. The van der Waals surface area contributed by atoms with Crippen LogP contribution in [0.4, 0.5) is 4.79 Å². The van der Waals surface area contributed by atoms with Crippen LogP contribution in [0, 0.1) is 0 Å². The zero-order chi connectivity index (χ0) is 15.0. The highest BCUT2D eigenvalue weighted by Gasteiger charge is 2.18. The van der Waals surface area contributed by atoms with Crippen LogP contribution in [-0.4, -0.2) is 30.3 Å². The molecule has 6 heteroatoms. The molecular formula is C14H20N2O4. The number of carboxylic acids is 1. The SMILES string of the molecule is CCC[C@@H](NC(=O)NCc1cccc(OC)c1)C(=O)O. The monoisotopic (exact) mass is 280 g/mol. The topological polar surface area (TPSA) is 87.7 Å². The van der Waals surface area contributed by atoms with Gasteiger partial charge in [-0.1, -0.05) is 25.5 Å². The van der Waals surface area contributed by atoms with E-state index in [1.807, 2.05) is 25.1 Å². The Kier molecular flexibility index (Phi) is 6.36. The second kappa shape index (κ2) is 8.04. The number of rotatable bonds is 7. The molecule has 0 saturated carbocycles. The number of urea groups is 1. The lowest BCUT2D eigenvalue weighted by molar-refractivity contribution is -0.139. The van der Waals surface area contributed by atoms with Gasteiger partial charge in [-0.2, -0.15) is 0 Å². The van der Waals surface area contributed by atoms with E-state index >= 15 is 0 Å². The van der Waals surface area contributed by atoms with Crippen molar-refractivity contribution in [2.75, 3.05) is 7.11 Å². The molecule has 1 rings (SSSR count). The first-order valence-electron chi connectivity index (χ1n) is 6.47. The van der Waals surface area contributed by atoms with E-state index < -0.39 is 18.0 Å². The van der Waals surface area contributed by atoms with E-state index in [1.54, 1.807) is 13.2 Å². The zero-order valence-corrected chi connectivity index (χ0v) is 11.7. The Morgan fingerprint density at radius 2 is 2.15 bits per heavy atom. The van der Waals surface area contributed by atoms with Crippen molar-refractivity contribution in [3.63, 3.8) is 0 Å². The number of aliphatic carboxylic acids is 1. The minimum atomic E-state index is -1.02. The Morgan fingerprint density at radius 1 is 1.40 bits per heavy atom. The third-order valence-corrected chi connectivity index (χ3v) is 2.77. The minimum Gasteiger partial charge on any atom is -0.497 e. The van der Waals surface area contributed by atoms with Crippen LogP contribution in [-0.2, 0) is 11.3 Å². The first kappa shape index (κ1) is 15.8. The summed E-state index contributed by atoms with van der Waals surface area (Å²) in [6.45, 7) is 2.17. The lowest BCUT2D eigenvalue weighted by atomic mass is 10.2. The molecule has 0 unspecified atom stereocenters. The molecule has 0 spiro atoms. The second-order valence-corrected chi connectivity index (χ2v) is 4.36. The fraction of sp³-hybridized carbons (Fsp3) is 0.429. The Labute approximate surface area is 118 Å². The van der Waals surface area contributed by atoms with Gasteiger partial charge in [0.25, 0.3) is 0 Å². The second-order valence-electron chi connectivity index (χ2n) is 4.36. The fourth-order valence-electron chi connectivity index (χ4n) is 1.72. The number of methoxy groups -OCH3 is 1. The number of hydrogen-bond donors (Lipinski definition) is 3. The normalized spacial score (nSPS) is 11.5. The molecule has 0 aliphatic rings. The van der Waals surface area contributed by atoms with Gasteiger partial charge in [-0.25, -0.2) is 9.59 Å². The van der Waals surface area contributed by atoms with Gasteiger partial charge >= 0.3 is 12.0 Å². The molecule has 0 radical (unpaired) electrons. The van der Waals surface area contributed by atoms with Crippen LogP contribution in [0.2, 0.25) is 0 Å². The summed E-state index contributed by atoms with van der Waals surface area (Å²) in [5, 5.41) is 14.0. The van der Waals surface area contributed by atoms with E-state index in [1.165, 1.54) is 0 Å². The third-order valence-electron chi connectivity index (χ3n) is 2.77. The summed E-state index contributed by atoms with van der Waals surface area (Å²) in [6, 6.07) is 5.94. The fourth-order valence-corrected chi connectivity index (χ4v) is 1.72. The molecule has 3 N–H and O–H groups in total. The maximum absolute atomic E-state index is 11.6. The van der Waals surface area contributed by atoms with Gasteiger partial charge in [0.2, 0.25) is 0 Å². The van der Waals surface area contributed by atoms with E-state index in [2.05, 4.69) is 10.6 Å². The van der Waals surface area contributed by atoms with Gasteiger partial charge in [0.15, 0.2) is 0 Å². The van der Waals surface area contributed by atoms with Crippen molar-refractivity contribution in [3.05, 3.63) is 29.8 Å². The first-order valence-corrected chi connectivity index (χ1v) is 6.47. The smallest absolute Gasteiger partial charge is 0.326 e. The molecule has 0 bridgehead atoms. The summed E-state index contributed by atoms with van der Waals surface area (Å²) < 4.78 is 5.08. The number of hydrogen-bond acceptors (Lipinski definition) is 3. The van der Waals surface area contributed by atoms with Gasteiger partial charge in [-0.15, -0.1) is 0 Å². The Bertz CT molecular complexity index is 462. The quantitative estimate of drug-likeness (QED) is 0.710. The summed E-state index contributed by atoms with van der Waals surface area (Å²) in [5.74, 6) is -0.317. The predicted octanol–water partition coefficient (Wildman–Crippen LogP) is 1.75. The molecule has 6 nitrogen and oxygen atoms in total. The van der Waals surface area contributed by atoms with Crippen LogP contribution in [0.25, 0.3) is 0 Å². The number of nitrogens with one attached hydrogen (secondary N) is 2. The van der Waals surface area contributed by atoms with E-state index in [9.17, 15) is 9.59 Å². The van der Waals surface area contributed by atoms with Crippen molar-refractivity contribution in [2.24, 2.45) is 0 Å². The van der Waals surface area contributed by atoms with Gasteiger partial charge < -0.3 is 20.5 Å². The van der Waals surface area contributed by atoms with Crippen LogP contribution in [0.3, 0.4) is 0 Å². The van der Waals surface area contributed by atoms with Crippen LogP contribution in [0.1, 0.15) is 25.3 Å². The summed E-state index contributed by atoms with van der Waals surface area (Å²) in [7, 11) is 1.57. The average molecular weight is 280 g/mol. The zero-order valence-electron chi connectivity index (χ0n) is 11.7. The van der Waals surface area contributed by atoms with Crippen LogP contribution in [0.5, 0.6) is 5.75 Å². The summed E-state index contributed by atoms with van der Waals surface area (Å²) in [6.07, 6.45) is 1.09. The lowest BCUT2D eigenvalue weighted by Gasteiger charge is -2.14. The van der Waals surface area contributed by atoms with E-state index in [-0.39, 0.29) is 0 Å². The molecule has 2 amide bonds. The highest BCUT2D eigenvalue weighted by molar-refractivity contribution is 5.82. The van der Waals surface area contributed by atoms with E-state index in [0.717, 1.165) is 5.56 Å². The standard InChI is InChI=1S/C14H20N2O4/c1-3-5-12(13(17)18)16-14(19)15-9-10-6-4-7-11(8-10)20-2/h4,6-8,12H,3,5,9H2,1-2H3,(H,17,18)(H2,15,16,19)/t12-/m1/s1. The Morgan fingerprint density at radius 3 is 2.75 bits per heavy atom. The van der Waals surface area contributed by atoms with Gasteiger partial charge in [0.1, 0.15) is 11.8 Å². The molecular weight excluding hydrogens is 260 g/mol. The number of carboxylic acid groups (broad SMARTS) is 1. The van der Waals surface area contributed by atoms with Crippen molar-refractivity contribution < 1.29 is 19.4 Å². The average Bonchev–Trinajstić information content (AvgIpc) is 2.44. The molecule has 110 valence electrons. The van der Waals surface area contributed by atoms with Crippen molar-refractivity contribution in [1.82, 2.24) is 10.6 Å². The van der Waals surface area contributed by atoms with E-state index in [4.69, 9.17) is 9.84 Å². The van der Waals surface area contributed by atoms with Gasteiger partial charge in [0, 0.05) is 6.54 Å². The number of benzene rings is 1. The summed E-state index contributed by atoms with van der Waals surface area (Å²) in [5.41, 5.74) is 0.877. The Balaban J connectivity index is 2.47. The number of carbonyl (C=O) groups excluding carboxylic acids is 1. The number of amides is 2. The number of carbonyl (C=O) groups is 2. The van der Waals surface area contributed by atoms with Crippen LogP contribution in [0.15, 0.2) is 24.3 Å². The molecule has 1 aromatic carbocycles. The molecule has 0 heterocycles. The van der Waals surface area contributed by atoms with Crippen LogP contribution >= 0.6 is 0 Å². The predicted molar refractivity (Wildman–Crippen MR) is 74.7 cm³/mol. The largest absolute Gasteiger partial charge is 0.497 e. The number of ether oxygens (including phenoxy) is 1. The molecule has 0 saturated heterocycles. The molecule has 20 heavy (non-hydrogen) atoms. The highest BCUT2D eigenvalue weighted by atomic mass is 16.5. The third kappa shape index (κ3) is 5.17. The summed E-state index contributed by atoms with van der Waals surface area (Å²) in [4.78, 5) is 22.6. The molecule has 0 aliphatic carbocycles. The molecule has 1 aromatic rings. The molecule has 1 atom stereocenters. The highest BCUT2D eigenvalue weighted by Crippen LogP contribution is 2.12. The molecule has 0 aliphatic heterocycles. The van der Waals surface area contributed by atoms with Crippen molar-refractivity contribution >= 4 is 12.0 Å². The molecule has 0 fully saturated rings. The van der Waals surface area contributed by atoms with Crippen molar-refractivity contribution in [3.8, 4) is 5.75 Å². The maximum Gasteiger partial charge on any atom is 0.326 e. The van der Waals surface area contributed by atoms with Crippen LogP contribution < -0.4 is 15.4 Å². The van der Waals surface area contributed by atoms with Gasteiger partial charge in [-0.3, -0.25) is 0 Å². The Hall–Kier alpha value is -2.24. The van der Waals surface area contributed by atoms with E-state index in [0.29, 0.717) is 25.1 Å². The lowest BCUT2D eigenvalue weighted by Crippen LogP contribution is -2.45.